The zero-order valence-corrected chi connectivity index (χ0v) is 17.1. The molecule has 3 aromatic rings. The molecule has 0 saturated heterocycles. The molecule has 0 saturated carbocycles. The molecule has 3 N–H and O–H groups in total. The lowest BCUT2D eigenvalue weighted by Gasteiger charge is -2.13. The van der Waals surface area contributed by atoms with Crippen LogP contribution in [0.1, 0.15) is 27.6 Å². The van der Waals surface area contributed by atoms with Gasteiger partial charge in [-0.3, -0.25) is 9.59 Å². The lowest BCUT2D eigenvalue weighted by molar-refractivity contribution is -0.114. The Hall–Kier alpha value is -4.13. The highest BCUT2D eigenvalue weighted by Crippen LogP contribution is 2.19. The molecule has 0 aliphatic carbocycles. The van der Waals surface area contributed by atoms with Gasteiger partial charge in [0.15, 0.2) is 0 Å². The van der Waals surface area contributed by atoms with E-state index in [-0.39, 0.29) is 30.5 Å². The standard InChI is InChI=1S/C24H23N3O4/c1-2-31-24(30)19-13-7-9-15-21(19)27-22(28)16-25-20-14-8-6-12-18(20)23(29)26-17-10-4-3-5-11-17/h3-15,25H,2,16H2,1H3,(H,26,29)(H,27,28). The highest BCUT2D eigenvalue weighted by atomic mass is 16.5. The van der Waals surface area contributed by atoms with Crippen molar-refractivity contribution in [2.75, 3.05) is 29.1 Å². The third-order valence-electron chi connectivity index (χ3n) is 4.34. The Morgan fingerprint density at radius 2 is 1.35 bits per heavy atom. The van der Waals surface area contributed by atoms with Crippen LogP contribution >= 0.6 is 0 Å². The second-order valence-corrected chi connectivity index (χ2v) is 6.53. The van der Waals surface area contributed by atoms with E-state index in [1.807, 2.05) is 18.2 Å². The second kappa shape index (κ2) is 10.6. The molecule has 0 aliphatic rings. The van der Waals surface area contributed by atoms with E-state index in [0.717, 1.165) is 0 Å². The normalized spacial score (nSPS) is 10.1. The van der Waals surface area contributed by atoms with Gasteiger partial charge < -0.3 is 20.7 Å². The van der Waals surface area contributed by atoms with Crippen molar-refractivity contribution >= 4 is 34.8 Å². The monoisotopic (exact) mass is 417 g/mol. The van der Waals surface area contributed by atoms with Crippen molar-refractivity contribution in [3.8, 4) is 0 Å². The fraction of sp³-hybridized carbons (Fsp3) is 0.125. The lowest BCUT2D eigenvalue weighted by atomic mass is 10.1. The molecule has 3 aromatic carbocycles. The van der Waals surface area contributed by atoms with Gasteiger partial charge in [0.1, 0.15) is 0 Å². The largest absolute Gasteiger partial charge is 0.462 e. The molecule has 7 nitrogen and oxygen atoms in total. The molecule has 31 heavy (non-hydrogen) atoms. The minimum absolute atomic E-state index is 0.0905. The van der Waals surface area contributed by atoms with E-state index in [4.69, 9.17) is 4.74 Å². The van der Waals surface area contributed by atoms with Crippen molar-refractivity contribution < 1.29 is 19.1 Å². The van der Waals surface area contributed by atoms with Gasteiger partial charge in [-0.25, -0.2) is 4.79 Å². The number of benzene rings is 3. The van der Waals surface area contributed by atoms with Crippen LogP contribution in [-0.4, -0.2) is 30.9 Å². The fourth-order valence-corrected chi connectivity index (χ4v) is 2.90. The summed E-state index contributed by atoms with van der Waals surface area (Å²) in [6.07, 6.45) is 0. The minimum atomic E-state index is -0.505. The summed E-state index contributed by atoms with van der Waals surface area (Å²) in [4.78, 5) is 37.2. The van der Waals surface area contributed by atoms with Crippen molar-refractivity contribution in [3.63, 3.8) is 0 Å². The summed E-state index contributed by atoms with van der Waals surface area (Å²) in [7, 11) is 0. The molecular formula is C24H23N3O4. The summed E-state index contributed by atoms with van der Waals surface area (Å²) < 4.78 is 5.02. The molecule has 0 spiro atoms. The first-order chi connectivity index (χ1) is 15.1. The highest BCUT2D eigenvalue weighted by molar-refractivity contribution is 6.08. The number of nitrogens with one attached hydrogen (secondary N) is 3. The van der Waals surface area contributed by atoms with Gasteiger partial charge in [-0.2, -0.15) is 0 Å². The molecule has 158 valence electrons. The predicted molar refractivity (Wildman–Crippen MR) is 120 cm³/mol. The van der Waals surface area contributed by atoms with Crippen LogP contribution in [0.4, 0.5) is 17.1 Å². The maximum absolute atomic E-state index is 12.6. The number of esters is 1. The number of anilines is 3. The van der Waals surface area contributed by atoms with Gasteiger partial charge in [-0.15, -0.1) is 0 Å². The zero-order chi connectivity index (χ0) is 22.1. The zero-order valence-electron chi connectivity index (χ0n) is 17.1. The molecule has 0 fully saturated rings. The van der Waals surface area contributed by atoms with Crippen molar-refractivity contribution in [1.82, 2.24) is 0 Å². The van der Waals surface area contributed by atoms with Gasteiger partial charge in [-0.1, -0.05) is 42.5 Å². The molecule has 0 aromatic heterocycles. The summed E-state index contributed by atoms with van der Waals surface area (Å²) >= 11 is 0. The molecule has 0 heterocycles. The third-order valence-corrected chi connectivity index (χ3v) is 4.34. The second-order valence-electron chi connectivity index (χ2n) is 6.53. The smallest absolute Gasteiger partial charge is 0.340 e. The van der Waals surface area contributed by atoms with Crippen LogP contribution in [0.25, 0.3) is 0 Å². The molecule has 0 aliphatic heterocycles. The van der Waals surface area contributed by atoms with E-state index in [1.165, 1.54) is 0 Å². The van der Waals surface area contributed by atoms with Crippen LogP contribution in [0, 0.1) is 0 Å². The molecule has 0 unspecified atom stereocenters. The minimum Gasteiger partial charge on any atom is -0.462 e. The first kappa shape index (κ1) is 21.6. The number of rotatable bonds is 8. The Morgan fingerprint density at radius 3 is 2.06 bits per heavy atom. The number of carbonyl (C=O) groups is 3. The Morgan fingerprint density at radius 1 is 0.742 bits per heavy atom. The van der Waals surface area contributed by atoms with Crippen LogP contribution < -0.4 is 16.0 Å². The van der Waals surface area contributed by atoms with Gasteiger partial charge in [0.2, 0.25) is 5.91 Å². The maximum Gasteiger partial charge on any atom is 0.340 e. The topological polar surface area (TPSA) is 96.5 Å². The molecule has 0 atom stereocenters. The number of amides is 2. The lowest BCUT2D eigenvalue weighted by Crippen LogP contribution is -2.24. The Kier molecular flexibility index (Phi) is 7.37. The number of hydrogen-bond donors (Lipinski definition) is 3. The highest BCUT2D eigenvalue weighted by Gasteiger charge is 2.15. The van der Waals surface area contributed by atoms with E-state index >= 15 is 0 Å². The van der Waals surface area contributed by atoms with Gasteiger partial charge in [0.05, 0.1) is 30.0 Å². The van der Waals surface area contributed by atoms with Gasteiger partial charge in [0, 0.05) is 11.4 Å². The van der Waals surface area contributed by atoms with E-state index < -0.39 is 5.97 Å². The van der Waals surface area contributed by atoms with Crippen LogP contribution in [0.3, 0.4) is 0 Å². The Balaban J connectivity index is 1.65. The first-order valence-electron chi connectivity index (χ1n) is 9.83. The number of carbonyl (C=O) groups excluding carboxylic acids is 3. The van der Waals surface area contributed by atoms with Gasteiger partial charge in [-0.05, 0) is 43.3 Å². The Bertz CT molecular complexity index is 1070. The summed E-state index contributed by atoms with van der Waals surface area (Å²) in [5.41, 5.74) is 2.25. The maximum atomic E-state index is 12.6. The molecule has 0 bridgehead atoms. The average molecular weight is 417 g/mol. The van der Waals surface area contributed by atoms with Crippen molar-refractivity contribution in [2.24, 2.45) is 0 Å². The first-order valence-corrected chi connectivity index (χ1v) is 9.83. The van der Waals surface area contributed by atoms with Crippen molar-refractivity contribution in [1.29, 1.82) is 0 Å². The fourth-order valence-electron chi connectivity index (χ4n) is 2.90. The van der Waals surface area contributed by atoms with E-state index in [9.17, 15) is 14.4 Å². The summed E-state index contributed by atoms with van der Waals surface area (Å²) in [5.74, 6) is -1.16. The van der Waals surface area contributed by atoms with Crippen LogP contribution in [0.15, 0.2) is 78.9 Å². The molecule has 7 heteroatoms. The predicted octanol–water partition coefficient (Wildman–Crippen LogP) is 4.17. The molecule has 3 rings (SSSR count). The third kappa shape index (κ3) is 5.93. The van der Waals surface area contributed by atoms with E-state index in [1.54, 1.807) is 67.6 Å². The van der Waals surface area contributed by atoms with Crippen molar-refractivity contribution in [3.05, 3.63) is 90.0 Å². The van der Waals surface area contributed by atoms with Crippen LogP contribution in [0.2, 0.25) is 0 Å². The van der Waals surface area contributed by atoms with Crippen LogP contribution in [0.5, 0.6) is 0 Å². The summed E-state index contributed by atoms with van der Waals surface area (Å²) in [6.45, 7) is 1.87. The molecule has 0 radical (unpaired) electrons. The van der Waals surface area contributed by atoms with Gasteiger partial charge >= 0.3 is 5.97 Å². The SMILES string of the molecule is CCOC(=O)c1ccccc1NC(=O)CNc1ccccc1C(=O)Nc1ccccc1. The quantitative estimate of drug-likeness (QED) is 0.478. The van der Waals surface area contributed by atoms with Gasteiger partial charge in [0.25, 0.3) is 5.91 Å². The van der Waals surface area contributed by atoms with E-state index in [0.29, 0.717) is 22.6 Å². The number of ether oxygens (including phenoxy) is 1. The summed E-state index contributed by atoms with van der Waals surface area (Å²) in [5, 5.41) is 8.52. The Labute approximate surface area is 180 Å². The van der Waals surface area contributed by atoms with Crippen LogP contribution in [-0.2, 0) is 9.53 Å². The average Bonchev–Trinajstić information content (AvgIpc) is 2.79. The van der Waals surface area contributed by atoms with Crippen molar-refractivity contribution in [2.45, 2.75) is 6.92 Å². The molecular weight excluding hydrogens is 394 g/mol. The number of hydrogen-bond acceptors (Lipinski definition) is 5. The summed E-state index contributed by atoms with van der Waals surface area (Å²) in [6, 6.07) is 22.7. The number of para-hydroxylation sites is 3. The van der Waals surface area contributed by atoms with E-state index in [2.05, 4.69) is 16.0 Å². The molecule has 2 amide bonds.